The first-order valence-electron chi connectivity index (χ1n) is 9.89. The van der Waals surface area contributed by atoms with Crippen LogP contribution in [0.2, 0.25) is 10.0 Å². The Hall–Kier alpha value is -2.07. The van der Waals surface area contributed by atoms with Gasteiger partial charge in [0.15, 0.2) is 9.84 Å². The normalized spacial score (nSPS) is 23.3. The van der Waals surface area contributed by atoms with Gasteiger partial charge in [-0.3, -0.25) is 9.69 Å². The van der Waals surface area contributed by atoms with Gasteiger partial charge in [0, 0.05) is 31.4 Å². The molecule has 0 radical (unpaired) electrons. The summed E-state index contributed by atoms with van der Waals surface area (Å²) in [5.74, 6) is -2.89. The van der Waals surface area contributed by atoms with Crippen molar-refractivity contribution in [1.29, 1.82) is 0 Å². The Kier molecular flexibility index (Phi) is 7.24. The Morgan fingerprint density at radius 3 is 2.62 bits per heavy atom. The number of dihydropyridines is 1. The fourth-order valence-electron chi connectivity index (χ4n) is 4.19. The smallest absolute Gasteiger partial charge is 0.334 e. The largest absolute Gasteiger partial charge is 0.478 e. The quantitative estimate of drug-likeness (QED) is 0.590. The number of allylic oxidation sites excluding steroid dienone is 2. The van der Waals surface area contributed by atoms with Crippen LogP contribution in [0, 0.1) is 0 Å². The van der Waals surface area contributed by atoms with Gasteiger partial charge in [-0.1, -0.05) is 35.3 Å². The highest BCUT2D eigenvalue weighted by molar-refractivity contribution is 7.96. The molecule has 32 heavy (non-hydrogen) atoms. The van der Waals surface area contributed by atoms with Gasteiger partial charge in [0.1, 0.15) is 0 Å². The first kappa shape index (κ1) is 24.6. The molecule has 174 valence electrons. The molecule has 3 rings (SSSR count). The van der Waals surface area contributed by atoms with Crippen LogP contribution >= 0.6 is 23.2 Å². The van der Waals surface area contributed by atoms with E-state index in [2.05, 4.69) is 5.32 Å². The van der Waals surface area contributed by atoms with Gasteiger partial charge in [-0.05, 0) is 32.0 Å². The number of carbonyl (C=O) groups excluding carboxylic acids is 1. The molecule has 1 aromatic rings. The molecule has 0 spiro atoms. The van der Waals surface area contributed by atoms with E-state index in [4.69, 9.17) is 27.9 Å². The summed E-state index contributed by atoms with van der Waals surface area (Å²) in [7, 11) is -2.25. The number of halogens is 2. The van der Waals surface area contributed by atoms with Crippen molar-refractivity contribution in [3.05, 3.63) is 55.7 Å². The number of likely N-dealkylation sites (N-methyl/N-ethyl adjacent to an activating group) is 1. The highest BCUT2D eigenvalue weighted by Gasteiger charge is 2.46. The molecule has 0 saturated carbocycles. The van der Waals surface area contributed by atoms with E-state index in [9.17, 15) is 23.1 Å². The van der Waals surface area contributed by atoms with Crippen molar-refractivity contribution in [1.82, 2.24) is 10.2 Å². The Labute approximate surface area is 196 Å². The number of benzene rings is 1. The van der Waals surface area contributed by atoms with Crippen LogP contribution in [0.3, 0.4) is 0 Å². The highest BCUT2D eigenvalue weighted by Crippen LogP contribution is 2.46. The molecule has 2 heterocycles. The number of carbonyl (C=O) groups is 2. The molecule has 0 bridgehead atoms. The molecule has 2 atom stereocenters. The van der Waals surface area contributed by atoms with Gasteiger partial charge < -0.3 is 15.2 Å². The number of nitrogens with one attached hydrogen (secondary N) is 1. The minimum atomic E-state index is -4.02. The maximum absolute atomic E-state index is 13.9. The van der Waals surface area contributed by atoms with E-state index in [1.54, 1.807) is 32.2 Å². The second kappa shape index (κ2) is 9.43. The molecule has 1 aromatic carbocycles. The Balaban J connectivity index is 2.22. The van der Waals surface area contributed by atoms with Gasteiger partial charge in [-0.15, -0.1) is 0 Å². The van der Waals surface area contributed by atoms with Gasteiger partial charge in [-0.2, -0.15) is 0 Å². The van der Waals surface area contributed by atoms with E-state index in [1.165, 1.54) is 6.92 Å². The third-order valence-electron chi connectivity index (χ3n) is 5.55. The molecule has 11 heteroatoms. The van der Waals surface area contributed by atoms with Crippen molar-refractivity contribution in [3.8, 4) is 0 Å². The minimum absolute atomic E-state index is 0.0400. The van der Waals surface area contributed by atoms with E-state index >= 15 is 0 Å². The average molecular weight is 503 g/mol. The van der Waals surface area contributed by atoms with Gasteiger partial charge in [-0.25, -0.2) is 13.2 Å². The highest BCUT2D eigenvalue weighted by atomic mass is 35.5. The van der Waals surface area contributed by atoms with Crippen molar-refractivity contribution in [2.24, 2.45) is 0 Å². The number of hydrogen-bond acceptors (Lipinski definition) is 7. The van der Waals surface area contributed by atoms with Crippen molar-refractivity contribution >= 4 is 45.0 Å². The van der Waals surface area contributed by atoms with E-state index in [-0.39, 0.29) is 46.6 Å². The summed E-state index contributed by atoms with van der Waals surface area (Å²) < 4.78 is 32.8. The van der Waals surface area contributed by atoms with E-state index in [1.807, 2.05) is 4.90 Å². The number of esters is 1. The maximum atomic E-state index is 13.9. The zero-order valence-corrected chi connectivity index (χ0v) is 20.1. The summed E-state index contributed by atoms with van der Waals surface area (Å²) >= 11 is 12.6. The lowest BCUT2D eigenvalue weighted by Gasteiger charge is -2.32. The lowest BCUT2D eigenvalue weighted by molar-refractivity contribution is -0.141. The molecule has 0 fully saturated rings. The SMILES string of the molecule is CC(=O)OCCC1CN(C)CC2=C(C(c3cccc(Cl)c3Cl)C(C(=O)O)=C(C)N2)S1(=O)=O. The summed E-state index contributed by atoms with van der Waals surface area (Å²) in [6, 6.07) is 4.75. The van der Waals surface area contributed by atoms with Crippen LogP contribution in [0.4, 0.5) is 0 Å². The molecule has 0 amide bonds. The van der Waals surface area contributed by atoms with Crippen LogP contribution in [-0.4, -0.2) is 62.4 Å². The standard InChI is InChI=1S/C21H24Cl2N2O6S/c1-11-17(21(27)28)18(14-5-4-6-15(22)19(14)23)20-16(24-11)10-25(3)9-13(32(20,29)30)7-8-31-12(2)26/h4-6,13,18,24H,7-10H2,1-3H3,(H,27,28). The van der Waals surface area contributed by atoms with Crippen LogP contribution in [-0.2, 0) is 24.2 Å². The molecular weight excluding hydrogens is 479 g/mol. The van der Waals surface area contributed by atoms with Crippen LogP contribution in [0.5, 0.6) is 0 Å². The number of carboxylic acids is 1. The van der Waals surface area contributed by atoms with Crippen molar-refractivity contribution < 1.29 is 27.9 Å². The molecule has 0 aliphatic carbocycles. The molecule has 2 aliphatic heterocycles. The predicted molar refractivity (Wildman–Crippen MR) is 121 cm³/mol. The second-order valence-corrected chi connectivity index (χ2v) is 10.9. The third kappa shape index (κ3) is 4.66. The maximum Gasteiger partial charge on any atom is 0.334 e. The monoisotopic (exact) mass is 502 g/mol. The van der Waals surface area contributed by atoms with Gasteiger partial charge in [0.05, 0.1) is 38.3 Å². The number of ether oxygens (including phenoxy) is 1. The van der Waals surface area contributed by atoms with Crippen LogP contribution < -0.4 is 5.32 Å². The van der Waals surface area contributed by atoms with Crippen LogP contribution in [0.1, 0.15) is 31.7 Å². The summed E-state index contributed by atoms with van der Waals surface area (Å²) in [5, 5.41) is 12.4. The molecule has 8 nitrogen and oxygen atoms in total. The zero-order chi connectivity index (χ0) is 23.8. The fourth-order valence-corrected chi connectivity index (χ4v) is 6.86. The summed E-state index contributed by atoms with van der Waals surface area (Å²) in [4.78, 5) is 25.2. The number of nitrogens with zero attached hydrogens (tertiary/aromatic N) is 1. The molecule has 0 saturated heterocycles. The predicted octanol–water partition coefficient (Wildman–Crippen LogP) is 2.93. The van der Waals surface area contributed by atoms with Crippen molar-refractivity contribution in [2.75, 3.05) is 26.7 Å². The van der Waals surface area contributed by atoms with Crippen LogP contribution in [0.25, 0.3) is 0 Å². The molecule has 0 aromatic heterocycles. The topological polar surface area (TPSA) is 113 Å². The average Bonchev–Trinajstić information content (AvgIpc) is 2.76. The van der Waals surface area contributed by atoms with E-state index in [0.717, 1.165) is 0 Å². The Morgan fingerprint density at radius 1 is 1.31 bits per heavy atom. The van der Waals surface area contributed by atoms with E-state index in [0.29, 0.717) is 17.0 Å². The minimum Gasteiger partial charge on any atom is -0.478 e. The van der Waals surface area contributed by atoms with Gasteiger partial charge >= 0.3 is 11.9 Å². The Bertz CT molecular complexity index is 1130. The first-order chi connectivity index (χ1) is 14.9. The number of carboxylic acid groups (broad SMARTS) is 1. The first-order valence-corrected chi connectivity index (χ1v) is 12.2. The molecule has 2 aliphatic rings. The second-order valence-electron chi connectivity index (χ2n) is 7.88. The van der Waals surface area contributed by atoms with Gasteiger partial charge in [0.2, 0.25) is 0 Å². The zero-order valence-electron chi connectivity index (χ0n) is 17.8. The molecule has 2 unspecified atom stereocenters. The number of rotatable bonds is 5. The number of hydrogen-bond donors (Lipinski definition) is 2. The van der Waals surface area contributed by atoms with E-state index < -0.39 is 32.9 Å². The van der Waals surface area contributed by atoms with Crippen LogP contribution in [0.15, 0.2) is 40.1 Å². The Morgan fingerprint density at radius 2 is 2.00 bits per heavy atom. The third-order valence-corrected chi connectivity index (χ3v) is 8.74. The summed E-state index contributed by atoms with van der Waals surface area (Å²) in [6.45, 7) is 3.23. The lowest BCUT2D eigenvalue weighted by Crippen LogP contribution is -2.36. The van der Waals surface area contributed by atoms with Gasteiger partial charge in [0.25, 0.3) is 0 Å². The summed E-state index contributed by atoms with van der Waals surface area (Å²) in [6.07, 6.45) is 0.0735. The lowest BCUT2D eigenvalue weighted by atomic mass is 9.86. The summed E-state index contributed by atoms with van der Waals surface area (Å²) in [5.41, 5.74) is 0.918. The molecule has 2 N–H and O–H groups in total. The molecular formula is C21H24Cl2N2O6S. The van der Waals surface area contributed by atoms with Crippen molar-refractivity contribution in [2.45, 2.75) is 31.4 Å². The number of sulfone groups is 1. The van der Waals surface area contributed by atoms with Crippen molar-refractivity contribution in [3.63, 3.8) is 0 Å². The fraction of sp³-hybridized carbons (Fsp3) is 0.429. The number of aliphatic carboxylic acids is 1.